The summed E-state index contributed by atoms with van der Waals surface area (Å²) in [6.45, 7) is 5.86. The summed E-state index contributed by atoms with van der Waals surface area (Å²) in [4.78, 5) is 4.41. The highest BCUT2D eigenvalue weighted by molar-refractivity contribution is 7.09. The maximum absolute atomic E-state index is 4.41. The van der Waals surface area contributed by atoms with Gasteiger partial charge in [0.25, 0.3) is 0 Å². The Hall–Kier alpha value is -1.15. The molecule has 0 atom stereocenters. The van der Waals surface area contributed by atoms with Crippen molar-refractivity contribution in [2.45, 2.75) is 6.92 Å². The average Bonchev–Trinajstić information content (AvgIpc) is 2.53. The predicted molar refractivity (Wildman–Crippen MR) is 56.7 cm³/mol. The molecule has 0 saturated heterocycles. The Morgan fingerprint density at radius 1 is 1.23 bits per heavy atom. The van der Waals surface area contributed by atoms with Crippen molar-refractivity contribution >= 4 is 11.3 Å². The molecule has 0 amide bonds. The Kier molecular flexibility index (Phi) is 2.15. The summed E-state index contributed by atoms with van der Waals surface area (Å²) in [6.07, 6.45) is 0. The number of rotatable bonds is 1. The molecular formula is C11H10NS. The first-order valence-electron chi connectivity index (χ1n) is 4.10. The van der Waals surface area contributed by atoms with E-state index in [0.717, 1.165) is 21.8 Å². The van der Waals surface area contributed by atoms with Gasteiger partial charge in [-0.05, 0) is 19.4 Å². The van der Waals surface area contributed by atoms with Crippen molar-refractivity contribution in [2.24, 2.45) is 0 Å². The highest BCUT2D eigenvalue weighted by Gasteiger charge is 2.00. The maximum Gasteiger partial charge on any atom is 0.0901 e. The molecule has 0 fully saturated rings. The van der Waals surface area contributed by atoms with Crippen molar-refractivity contribution in [1.82, 2.24) is 4.98 Å². The van der Waals surface area contributed by atoms with Crippen LogP contribution in [0.3, 0.4) is 0 Å². The number of aromatic nitrogens is 1. The highest BCUT2D eigenvalue weighted by atomic mass is 32.1. The lowest BCUT2D eigenvalue weighted by molar-refractivity contribution is 1.30. The molecule has 0 bridgehead atoms. The van der Waals surface area contributed by atoms with Gasteiger partial charge in [-0.2, -0.15) is 0 Å². The van der Waals surface area contributed by atoms with E-state index in [1.54, 1.807) is 11.3 Å². The van der Waals surface area contributed by atoms with Gasteiger partial charge in [0, 0.05) is 10.9 Å². The van der Waals surface area contributed by atoms with Gasteiger partial charge >= 0.3 is 0 Å². The fraction of sp³-hybridized carbons (Fsp3) is 0.0909. The third-order valence-corrected chi connectivity index (χ3v) is 2.64. The van der Waals surface area contributed by atoms with E-state index in [1.165, 1.54) is 0 Å². The Labute approximate surface area is 82.1 Å². The van der Waals surface area contributed by atoms with E-state index >= 15 is 0 Å². The van der Waals surface area contributed by atoms with E-state index in [-0.39, 0.29) is 0 Å². The molecule has 0 saturated carbocycles. The predicted octanol–water partition coefficient (Wildman–Crippen LogP) is 3.30. The summed E-state index contributed by atoms with van der Waals surface area (Å²) in [6, 6.07) is 8.11. The third kappa shape index (κ3) is 1.78. The molecule has 1 aromatic carbocycles. The van der Waals surface area contributed by atoms with Gasteiger partial charge in [0.1, 0.15) is 0 Å². The number of hydrogen-bond acceptors (Lipinski definition) is 2. The smallest absolute Gasteiger partial charge is 0.0901 e. The van der Waals surface area contributed by atoms with Gasteiger partial charge in [0.15, 0.2) is 0 Å². The summed E-state index contributed by atoms with van der Waals surface area (Å²) < 4.78 is 0. The molecule has 0 spiro atoms. The number of nitrogens with zero attached hydrogens (tertiary/aromatic N) is 1. The monoisotopic (exact) mass is 188 g/mol. The SMILES string of the molecule is [CH2]c1ccc(-c2csc(C)n2)cc1. The van der Waals surface area contributed by atoms with Crippen LogP contribution in [0.15, 0.2) is 29.6 Å². The first-order chi connectivity index (χ1) is 6.25. The van der Waals surface area contributed by atoms with Gasteiger partial charge < -0.3 is 0 Å². The molecule has 0 unspecified atom stereocenters. The molecule has 2 rings (SSSR count). The van der Waals surface area contributed by atoms with Crippen LogP contribution in [0.2, 0.25) is 0 Å². The summed E-state index contributed by atoms with van der Waals surface area (Å²) in [5.41, 5.74) is 3.26. The molecular weight excluding hydrogens is 178 g/mol. The van der Waals surface area contributed by atoms with Crippen LogP contribution in [0, 0.1) is 13.8 Å². The highest BCUT2D eigenvalue weighted by Crippen LogP contribution is 2.21. The van der Waals surface area contributed by atoms with E-state index in [4.69, 9.17) is 0 Å². The minimum atomic E-state index is 1.04. The van der Waals surface area contributed by atoms with Crippen molar-refractivity contribution in [3.05, 3.63) is 47.1 Å². The second kappa shape index (κ2) is 3.30. The topological polar surface area (TPSA) is 12.9 Å². The molecule has 0 aliphatic carbocycles. The van der Waals surface area contributed by atoms with Crippen LogP contribution < -0.4 is 0 Å². The zero-order chi connectivity index (χ0) is 9.26. The lowest BCUT2D eigenvalue weighted by atomic mass is 10.1. The second-order valence-corrected chi connectivity index (χ2v) is 4.01. The Morgan fingerprint density at radius 3 is 2.46 bits per heavy atom. The number of aryl methyl sites for hydroxylation is 1. The van der Waals surface area contributed by atoms with Gasteiger partial charge in [-0.1, -0.05) is 24.3 Å². The second-order valence-electron chi connectivity index (χ2n) is 2.95. The zero-order valence-electron chi connectivity index (χ0n) is 7.45. The van der Waals surface area contributed by atoms with Crippen molar-refractivity contribution in [2.75, 3.05) is 0 Å². The largest absolute Gasteiger partial charge is 0.242 e. The molecule has 1 radical (unpaired) electrons. The number of thiazole rings is 1. The van der Waals surface area contributed by atoms with Crippen LogP contribution in [-0.2, 0) is 0 Å². The van der Waals surface area contributed by atoms with Gasteiger partial charge in [-0.25, -0.2) is 4.98 Å². The van der Waals surface area contributed by atoms with Crippen LogP contribution in [0.1, 0.15) is 10.6 Å². The fourth-order valence-corrected chi connectivity index (χ4v) is 1.79. The molecule has 0 aliphatic rings. The standard InChI is InChI=1S/C11H10NS/c1-8-3-5-10(6-4-8)11-7-13-9(2)12-11/h3-7H,1H2,2H3. The summed E-state index contributed by atoms with van der Waals surface area (Å²) >= 11 is 1.68. The molecule has 0 aliphatic heterocycles. The molecule has 65 valence electrons. The van der Waals surface area contributed by atoms with E-state index in [2.05, 4.69) is 29.4 Å². The Bertz CT molecular complexity index is 400. The fourth-order valence-electron chi connectivity index (χ4n) is 1.17. The molecule has 2 heteroatoms. The Balaban J connectivity index is 2.41. The quantitative estimate of drug-likeness (QED) is 0.669. The first-order valence-corrected chi connectivity index (χ1v) is 4.98. The van der Waals surface area contributed by atoms with Crippen molar-refractivity contribution in [3.8, 4) is 11.3 Å². The van der Waals surface area contributed by atoms with E-state index in [1.807, 2.05) is 19.1 Å². The van der Waals surface area contributed by atoms with Crippen molar-refractivity contribution in [3.63, 3.8) is 0 Å². The average molecular weight is 188 g/mol. The van der Waals surface area contributed by atoms with Gasteiger partial charge in [-0.3, -0.25) is 0 Å². The minimum Gasteiger partial charge on any atom is -0.242 e. The van der Waals surface area contributed by atoms with Crippen molar-refractivity contribution < 1.29 is 0 Å². The van der Waals surface area contributed by atoms with Crippen LogP contribution in [-0.4, -0.2) is 4.98 Å². The van der Waals surface area contributed by atoms with Crippen molar-refractivity contribution in [1.29, 1.82) is 0 Å². The van der Waals surface area contributed by atoms with E-state index in [0.29, 0.717) is 0 Å². The molecule has 2 aromatic rings. The van der Waals surface area contributed by atoms with E-state index in [9.17, 15) is 0 Å². The Morgan fingerprint density at radius 2 is 1.92 bits per heavy atom. The maximum atomic E-state index is 4.41. The van der Waals surface area contributed by atoms with Gasteiger partial charge in [0.05, 0.1) is 10.7 Å². The first kappa shape index (κ1) is 8.45. The van der Waals surface area contributed by atoms with Gasteiger partial charge in [-0.15, -0.1) is 11.3 Å². The number of benzene rings is 1. The molecule has 1 heterocycles. The molecule has 1 nitrogen and oxygen atoms in total. The lowest BCUT2D eigenvalue weighted by Crippen LogP contribution is -1.78. The number of hydrogen-bond donors (Lipinski definition) is 0. The zero-order valence-corrected chi connectivity index (χ0v) is 8.27. The molecule has 0 N–H and O–H groups in total. The van der Waals surface area contributed by atoms with Crippen LogP contribution in [0.25, 0.3) is 11.3 Å². The minimum absolute atomic E-state index is 1.04. The summed E-state index contributed by atoms with van der Waals surface area (Å²) in [5.74, 6) is 0. The third-order valence-electron chi connectivity index (χ3n) is 1.87. The van der Waals surface area contributed by atoms with Gasteiger partial charge in [0.2, 0.25) is 0 Å². The summed E-state index contributed by atoms with van der Waals surface area (Å²) in [7, 11) is 0. The lowest BCUT2D eigenvalue weighted by Gasteiger charge is -1.96. The van der Waals surface area contributed by atoms with E-state index < -0.39 is 0 Å². The normalized spacial score (nSPS) is 10.3. The van der Waals surface area contributed by atoms with Crippen LogP contribution in [0.4, 0.5) is 0 Å². The molecule has 13 heavy (non-hydrogen) atoms. The molecule has 1 aromatic heterocycles. The van der Waals surface area contributed by atoms with Crippen LogP contribution in [0.5, 0.6) is 0 Å². The van der Waals surface area contributed by atoms with Crippen LogP contribution >= 0.6 is 11.3 Å². The summed E-state index contributed by atoms with van der Waals surface area (Å²) in [5, 5.41) is 3.18.